The van der Waals surface area contributed by atoms with Gasteiger partial charge in [0.1, 0.15) is 44.7 Å². The first-order chi connectivity index (χ1) is 28.7. The van der Waals surface area contributed by atoms with Crippen molar-refractivity contribution < 1.29 is 17.7 Å². The zero-order valence-corrected chi connectivity index (χ0v) is 31.0. The molecule has 0 aliphatic heterocycles. The van der Waals surface area contributed by atoms with Crippen LogP contribution in [0.3, 0.4) is 0 Å². The van der Waals surface area contributed by atoms with Gasteiger partial charge in [-0.2, -0.15) is 0 Å². The second-order valence-electron chi connectivity index (χ2n) is 15.2. The summed E-state index contributed by atoms with van der Waals surface area (Å²) in [5.41, 5.74) is 16.0. The monoisotopic (exact) mass is 742 g/mol. The molecular formula is C54H30O4. The van der Waals surface area contributed by atoms with Crippen LogP contribution in [0.5, 0.6) is 0 Å². The normalized spacial score (nSPS) is 12.1. The summed E-state index contributed by atoms with van der Waals surface area (Å²) < 4.78 is 25.8. The van der Waals surface area contributed by atoms with Crippen molar-refractivity contribution in [3.8, 4) is 44.5 Å². The summed E-state index contributed by atoms with van der Waals surface area (Å²) in [5, 5.41) is 8.45. The van der Waals surface area contributed by atoms with Gasteiger partial charge in [0.2, 0.25) is 0 Å². The van der Waals surface area contributed by atoms with Crippen LogP contribution >= 0.6 is 0 Å². The van der Waals surface area contributed by atoms with E-state index < -0.39 is 0 Å². The summed E-state index contributed by atoms with van der Waals surface area (Å²) in [6.07, 6.45) is 0. The summed E-state index contributed by atoms with van der Waals surface area (Å²) in [6.45, 7) is 0. The Balaban J connectivity index is 0.868. The van der Waals surface area contributed by atoms with E-state index in [1.807, 2.05) is 12.1 Å². The molecule has 4 heteroatoms. The van der Waals surface area contributed by atoms with Crippen LogP contribution < -0.4 is 0 Å². The quantitative estimate of drug-likeness (QED) is 0.180. The summed E-state index contributed by atoms with van der Waals surface area (Å²) in [5.74, 6) is 0. The minimum Gasteiger partial charge on any atom is -0.456 e. The molecule has 0 fully saturated rings. The number of furan rings is 4. The Morgan fingerprint density at radius 3 is 0.914 bits per heavy atom. The van der Waals surface area contributed by atoms with Crippen molar-refractivity contribution in [2.75, 3.05) is 0 Å². The lowest BCUT2D eigenvalue weighted by Crippen LogP contribution is -1.81. The molecule has 270 valence electrons. The van der Waals surface area contributed by atoms with E-state index in [1.165, 1.54) is 11.1 Å². The van der Waals surface area contributed by atoms with E-state index in [-0.39, 0.29) is 0 Å². The Morgan fingerprint density at radius 2 is 0.517 bits per heavy atom. The maximum absolute atomic E-state index is 6.60. The fourth-order valence-electron chi connectivity index (χ4n) is 9.02. The SMILES string of the molecule is c1ccc(-c2ccc3oc4ccc5c6cc(-c7ccc(-c8ccc9oc%10c(ccc%11oc%12ccc(-c%13ccccc%13)cc%12c%11%10)c9c8)cc7)ccc6oc5c4c3c2)cc1. The minimum absolute atomic E-state index is 0.824. The molecular weight excluding hydrogens is 713 g/mol. The molecule has 0 aliphatic carbocycles. The van der Waals surface area contributed by atoms with Crippen molar-refractivity contribution in [3.63, 3.8) is 0 Å². The summed E-state index contributed by atoms with van der Waals surface area (Å²) in [4.78, 5) is 0. The predicted octanol–water partition coefficient (Wildman–Crippen LogP) is 16.0. The standard InChI is InChI=1S/C54H30O4/c1-3-7-31(8-4-1)37-17-23-47-43(29-37)51-49(55-47)25-19-39-41-27-35(15-21-45(41)57-53(39)51)33-11-13-34(14-12-33)36-16-22-46-42(28-36)40-20-26-50-52(54(40)58-46)44-30-38(18-24-48(44)56-50)32-9-5-2-6-10-32/h1-30H. The predicted molar refractivity (Wildman–Crippen MR) is 237 cm³/mol. The maximum Gasteiger partial charge on any atom is 0.147 e. The van der Waals surface area contributed by atoms with Crippen LogP contribution in [0.2, 0.25) is 0 Å². The summed E-state index contributed by atoms with van der Waals surface area (Å²) in [6, 6.07) is 63.8. The van der Waals surface area contributed by atoms with Gasteiger partial charge in [0.25, 0.3) is 0 Å². The van der Waals surface area contributed by atoms with E-state index in [0.29, 0.717) is 0 Å². The molecule has 4 heterocycles. The van der Waals surface area contributed by atoms with Crippen LogP contribution in [0.4, 0.5) is 0 Å². The Labute approximate surface area is 330 Å². The van der Waals surface area contributed by atoms with Crippen LogP contribution in [0, 0.1) is 0 Å². The topological polar surface area (TPSA) is 52.6 Å². The van der Waals surface area contributed by atoms with E-state index >= 15 is 0 Å². The molecule has 0 unspecified atom stereocenters. The van der Waals surface area contributed by atoms with Crippen LogP contribution in [-0.4, -0.2) is 0 Å². The van der Waals surface area contributed by atoms with E-state index in [2.05, 4.69) is 170 Å². The van der Waals surface area contributed by atoms with Gasteiger partial charge in [0.05, 0.1) is 10.8 Å². The van der Waals surface area contributed by atoms with Gasteiger partial charge in [0, 0.05) is 32.3 Å². The molecule has 0 aliphatic rings. The van der Waals surface area contributed by atoms with Crippen molar-refractivity contribution in [1.82, 2.24) is 0 Å². The van der Waals surface area contributed by atoms with Gasteiger partial charge in [-0.3, -0.25) is 0 Å². The summed E-state index contributed by atoms with van der Waals surface area (Å²) >= 11 is 0. The van der Waals surface area contributed by atoms with Crippen LogP contribution in [0.1, 0.15) is 0 Å². The van der Waals surface area contributed by atoms with E-state index in [1.54, 1.807) is 0 Å². The lowest BCUT2D eigenvalue weighted by molar-refractivity contribution is 0.662. The van der Waals surface area contributed by atoms with Gasteiger partial charge < -0.3 is 17.7 Å². The molecule has 0 N–H and O–H groups in total. The zero-order valence-electron chi connectivity index (χ0n) is 31.0. The molecule has 0 spiro atoms. The Kier molecular flexibility index (Phi) is 6.41. The minimum atomic E-state index is 0.824. The smallest absolute Gasteiger partial charge is 0.147 e. The molecule has 4 nitrogen and oxygen atoms in total. The number of benzene rings is 9. The molecule has 0 saturated heterocycles. The molecule has 9 aromatic carbocycles. The third kappa shape index (κ3) is 4.63. The lowest BCUT2D eigenvalue weighted by atomic mass is 9.97. The average molecular weight is 743 g/mol. The first-order valence-electron chi connectivity index (χ1n) is 19.5. The number of fused-ring (bicyclic) bond motifs is 14. The zero-order chi connectivity index (χ0) is 37.9. The van der Waals surface area contributed by atoms with E-state index in [9.17, 15) is 0 Å². The fourth-order valence-corrected chi connectivity index (χ4v) is 9.02. The Morgan fingerprint density at radius 1 is 0.207 bits per heavy atom. The molecule has 4 aromatic heterocycles. The molecule has 0 radical (unpaired) electrons. The molecule has 0 bridgehead atoms. The van der Waals surface area contributed by atoms with Gasteiger partial charge in [-0.1, -0.05) is 109 Å². The molecule has 0 amide bonds. The molecule has 0 saturated carbocycles. The maximum atomic E-state index is 6.60. The highest BCUT2D eigenvalue weighted by Gasteiger charge is 2.19. The van der Waals surface area contributed by atoms with Crippen molar-refractivity contribution in [1.29, 1.82) is 0 Å². The second kappa shape index (κ2) is 11.8. The highest BCUT2D eigenvalue weighted by molar-refractivity contribution is 6.24. The van der Waals surface area contributed by atoms with Gasteiger partial charge >= 0.3 is 0 Å². The van der Waals surface area contributed by atoms with E-state index in [4.69, 9.17) is 17.7 Å². The van der Waals surface area contributed by atoms with Gasteiger partial charge in [-0.15, -0.1) is 0 Å². The fraction of sp³-hybridized carbons (Fsp3) is 0. The van der Waals surface area contributed by atoms with Crippen LogP contribution in [0.25, 0.3) is 132 Å². The Bertz CT molecular complexity index is 3520. The Hall–Kier alpha value is -7.82. The van der Waals surface area contributed by atoms with Crippen molar-refractivity contribution >= 4 is 87.8 Å². The number of hydrogen-bond donors (Lipinski definition) is 0. The number of rotatable bonds is 4. The number of hydrogen-bond acceptors (Lipinski definition) is 4. The van der Waals surface area contributed by atoms with E-state index in [0.717, 1.165) is 121 Å². The third-order valence-corrected chi connectivity index (χ3v) is 11.9. The van der Waals surface area contributed by atoms with Gasteiger partial charge in [0.15, 0.2) is 0 Å². The molecule has 0 atom stereocenters. The highest BCUT2D eigenvalue weighted by atomic mass is 16.4. The van der Waals surface area contributed by atoms with Crippen molar-refractivity contribution in [3.05, 3.63) is 182 Å². The largest absolute Gasteiger partial charge is 0.456 e. The third-order valence-electron chi connectivity index (χ3n) is 11.9. The molecule has 13 rings (SSSR count). The van der Waals surface area contributed by atoms with Gasteiger partial charge in [-0.05, 0) is 117 Å². The average Bonchev–Trinajstić information content (AvgIpc) is 4.05. The molecule has 13 aromatic rings. The summed E-state index contributed by atoms with van der Waals surface area (Å²) in [7, 11) is 0. The van der Waals surface area contributed by atoms with Gasteiger partial charge in [-0.25, -0.2) is 0 Å². The van der Waals surface area contributed by atoms with Crippen molar-refractivity contribution in [2.45, 2.75) is 0 Å². The van der Waals surface area contributed by atoms with Crippen LogP contribution in [0.15, 0.2) is 200 Å². The lowest BCUT2D eigenvalue weighted by Gasteiger charge is -2.06. The first kappa shape index (κ1) is 31.4. The van der Waals surface area contributed by atoms with Crippen molar-refractivity contribution in [2.24, 2.45) is 0 Å². The first-order valence-corrected chi connectivity index (χ1v) is 19.5. The van der Waals surface area contributed by atoms with Crippen LogP contribution in [-0.2, 0) is 0 Å². The second-order valence-corrected chi connectivity index (χ2v) is 15.2. The molecule has 58 heavy (non-hydrogen) atoms. The highest BCUT2D eigenvalue weighted by Crippen LogP contribution is 2.43.